The molecule has 2 rings (SSSR count). The van der Waals surface area contributed by atoms with Gasteiger partial charge in [0.05, 0.1) is 17.6 Å². The highest BCUT2D eigenvalue weighted by molar-refractivity contribution is 5.59. The minimum absolute atomic E-state index is 0.0167. The molecule has 1 aliphatic heterocycles. The smallest absolute Gasteiger partial charge is 0.390 e. The monoisotopic (exact) mass is 269 g/mol. The van der Waals surface area contributed by atoms with Crippen molar-refractivity contribution in [2.45, 2.75) is 18.5 Å². The molecule has 2 heterocycles. The first kappa shape index (κ1) is 13.1. The van der Waals surface area contributed by atoms with Gasteiger partial charge in [0.1, 0.15) is 17.2 Å². The average molecular weight is 269 g/mol. The number of alkyl halides is 3. The zero-order chi connectivity index (χ0) is 14.3. The summed E-state index contributed by atoms with van der Waals surface area (Å²) in [5.41, 5.74) is 3.16. The van der Waals surface area contributed by atoms with Crippen molar-refractivity contribution in [3.8, 4) is 6.07 Å². The predicted molar refractivity (Wildman–Crippen MR) is 61.7 cm³/mol. The van der Waals surface area contributed by atoms with Gasteiger partial charge in [-0.1, -0.05) is 0 Å². The Labute approximate surface area is 107 Å². The third kappa shape index (κ3) is 2.07. The molecule has 0 saturated heterocycles. The molecule has 0 fully saturated rings. The van der Waals surface area contributed by atoms with Crippen molar-refractivity contribution in [3.05, 3.63) is 23.4 Å². The quantitative estimate of drug-likeness (QED) is 0.755. The SMILES string of the molecule is CC1(C(F)(F)F)CNc2cnc(C=C(N)C#N)nc21. The van der Waals surface area contributed by atoms with Gasteiger partial charge in [-0.3, -0.25) is 0 Å². The number of aromatic nitrogens is 2. The molecule has 0 bridgehead atoms. The molecule has 5 nitrogen and oxygen atoms in total. The molecule has 0 saturated carbocycles. The molecule has 1 aliphatic rings. The van der Waals surface area contributed by atoms with E-state index in [-0.39, 0.29) is 29.4 Å². The third-order valence-corrected chi connectivity index (χ3v) is 3.00. The largest absolute Gasteiger partial charge is 0.401 e. The average Bonchev–Trinajstić information content (AvgIpc) is 2.68. The highest BCUT2D eigenvalue weighted by Gasteiger charge is 2.57. The van der Waals surface area contributed by atoms with Crippen LogP contribution in [0.1, 0.15) is 18.4 Å². The lowest BCUT2D eigenvalue weighted by molar-refractivity contribution is -0.180. The predicted octanol–water partition coefficient (Wildman–Crippen LogP) is 1.55. The standard InChI is InChI=1S/C11H10F3N5/c1-10(11(12,13)14)5-18-7-4-17-8(19-9(7)10)2-6(16)3-15/h2,4,18H,5,16H2,1H3. The van der Waals surface area contributed by atoms with Crippen molar-refractivity contribution < 1.29 is 13.2 Å². The van der Waals surface area contributed by atoms with Crippen molar-refractivity contribution in [2.24, 2.45) is 5.73 Å². The van der Waals surface area contributed by atoms with E-state index in [9.17, 15) is 13.2 Å². The van der Waals surface area contributed by atoms with Crippen LogP contribution in [0.4, 0.5) is 18.9 Å². The topological polar surface area (TPSA) is 87.6 Å². The summed E-state index contributed by atoms with van der Waals surface area (Å²) in [6.45, 7) is 0.779. The lowest BCUT2D eigenvalue weighted by Gasteiger charge is -2.26. The van der Waals surface area contributed by atoms with Crippen LogP contribution in [0, 0.1) is 11.3 Å². The number of hydrogen-bond donors (Lipinski definition) is 2. The Hall–Kier alpha value is -2.30. The Morgan fingerprint density at radius 3 is 2.89 bits per heavy atom. The van der Waals surface area contributed by atoms with Crippen molar-refractivity contribution in [2.75, 3.05) is 11.9 Å². The van der Waals surface area contributed by atoms with E-state index in [0.717, 1.165) is 13.0 Å². The Bertz CT molecular complexity index is 587. The van der Waals surface area contributed by atoms with Gasteiger partial charge in [-0.25, -0.2) is 9.97 Å². The van der Waals surface area contributed by atoms with E-state index < -0.39 is 11.6 Å². The molecule has 0 aromatic carbocycles. The normalized spacial score (nSPS) is 22.6. The molecule has 1 aromatic rings. The maximum Gasteiger partial charge on any atom is 0.401 e. The number of halogens is 3. The van der Waals surface area contributed by atoms with E-state index in [0.29, 0.717) is 0 Å². The van der Waals surface area contributed by atoms with E-state index in [1.807, 2.05) is 0 Å². The maximum absolute atomic E-state index is 13.1. The first-order valence-electron chi connectivity index (χ1n) is 5.33. The van der Waals surface area contributed by atoms with Gasteiger partial charge >= 0.3 is 6.18 Å². The summed E-state index contributed by atoms with van der Waals surface area (Å²) < 4.78 is 39.3. The van der Waals surface area contributed by atoms with Crippen LogP contribution in [-0.4, -0.2) is 22.7 Å². The van der Waals surface area contributed by atoms with Gasteiger partial charge in [-0.05, 0) is 6.92 Å². The van der Waals surface area contributed by atoms with Crippen molar-refractivity contribution in [3.63, 3.8) is 0 Å². The van der Waals surface area contributed by atoms with Crippen LogP contribution in [0.3, 0.4) is 0 Å². The molecule has 8 heteroatoms. The first-order chi connectivity index (χ1) is 8.78. The van der Waals surface area contributed by atoms with Crippen LogP contribution >= 0.6 is 0 Å². The molecule has 0 radical (unpaired) electrons. The Morgan fingerprint density at radius 1 is 1.63 bits per heavy atom. The summed E-state index contributed by atoms with van der Waals surface area (Å²) in [5, 5.41) is 11.2. The fourth-order valence-corrected chi connectivity index (χ4v) is 1.78. The van der Waals surface area contributed by atoms with Gasteiger partial charge in [-0.15, -0.1) is 0 Å². The Balaban J connectivity index is 2.52. The van der Waals surface area contributed by atoms with Gasteiger partial charge in [-0.2, -0.15) is 18.4 Å². The first-order valence-corrected chi connectivity index (χ1v) is 5.33. The minimum atomic E-state index is -4.43. The number of nitrogens with zero attached hydrogens (tertiary/aromatic N) is 3. The highest BCUT2D eigenvalue weighted by atomic mass is 19.4. The van der Waals surface area contributed by atoms with Crippen LogP contribution < -0.4 is 11.1 Å². The van der Waals surface area contributed by atoms with Crippen molar-refractivity contribution in [1.82, 2.24) is 9.97 Å². The van der Waals surface area contributed by atoms with Crippen LogP contribution in [0.5, 0.6) is 0 Å². The summed E-state index contributed by atoms with van der Waals surface area (Å²) in [7, 11) is 0. The van der Waals surface area contributed by atoms with Crippen LogP contribution in [-0.2, 0) is 5.41 Å². The number of anilines is 1. The summed E-state index contributed by atoms with van der Waals surface area (Å²) in [5.74, 6) is -0.0167. The fraction of sp³-hybridized carbons (Fsp3) is 0.364. The Morgan fingerprint density at radius 2 is 2.32 bits per heavy atom. The number of allylic oxidation sites excluding steroid dienone is 1. The highest BCUT2D eigenvalue weighted by Crippen LogP contribution is 2.46. The number of rotatable bonds is 1. The molecule has 0 aliphatic carbocycles. The van der Waals surface area contributed by atoms with Crippen LogP contribution in [0.25, 0.3) is 6.08 Å². The second-order valence-electron chi connectivity index (χ2n) is 4.39. The molecule has 1 aromatic heterocycles. The van der Waals surface area contributed by atoms with E-state index in [1.165, 1.54) is 6.20 Å². The second-order valence-corrected chi connectivity index (χ2v) is 4.39. The van der Waals surface area contributed by atoms with Gasteiger partial charge in [0.25, 0.3) is 0 Å². The molecule has 19 heavy (non-hydrogen) atoms. The Kier molecular flexibility index (Phi) is 2.85. The molecule has 100 valence electrons. The zero-order valence-electron chi connectivity index (χ0n) is 9.91. The summed E-state index contributed by atoms with van der Waals surface area (Å²) >= 11 is 0. The number of fused-ring (bicyclic) bond motifs is 1. The number of nitrogens with two attached hydrogens (primary N) is 1. The molecular weight excluding hydrogens is 259 g/mol. The van der Waals surface area contributed by atoms with Gasteiger partial charge in [0.2, 0.25) is 0 Å². The van der Waals surface area contributed by atoms with E-state index in [4.69, 9.17) is 11.0 Å². The van der Waals surface area contributed by atoms with E-state index >= 15 is 0 Å². The van der Waals surface area contributed by atoms with Gasteiger partial charge in [0.15, 0.2) is 5.82 Å². The molecule has 1 atom stereocenters. The zero-order valence-corrected chi connectivity index (χ0v) is 9.91. The fourth-order valence-electron chi connectivity index (χ4n) is 1.78. The van der Waals surface area contributed by atoms with Crippen LogP contribution in [0.2, 0.25) is 0 Å². The van der Waals surface area contributed by atoms with Gasteiger partial charge < -0.3 is 11.1 Å². The minimum Gasteiger partial charge on any atom is -0.390 e. The molecular formula is C11H10F3N5. The lowest BCUT2D eigenvalue weighted by atomic mass is 9.88. The molecule has 3 N–H and O–H groups in total. The second kappa shape index (κ2) is 4.12. The maximum atomic E-state index is 13.1. The third-order valence-electron chi connectivity index (χ3n) is 3.00. The van der Waals surface area contributed by atoms with Crippen molar-refractivity contribution >= 4 is 11.8 Å². The summed E-state index contributed by atoms with van der Waals surface area (Å²) in [4.78, 5) is 7.70. The number of nitrogens with one attached hydrogen (secondary N) is 1. The molecule has 0 spiro atoms. The lowest BCUT2D eigenvalue weighted by Crippen LogP contribution is -2.41. The van der Waals surface area contributed by atoms with Gasteiger partial charge in [0, 0.05) is 12.6 Å². The molecule has 0 amide bonds. The number of hydrogen-bond acceptors (Lipinski definition) is 5. The summed E-state index contributed by atoms with van der Waals surface area (Å²) in [6.07, 6.45) is -2.04. The summed E-state index contributed by atoms with van der Waals surface area (Å²) in [6, 6.07) is 1.65. The van der Waals surface area contributed by atoms with E-state index in [1.54, 1.807) is 6.07 Å². The number of nitriles is 1. The van der Waals surface area contributed by atoms with Crippen molar-refractivity contribution in [1.29, 1.82) is 5.26 Å². The molecule has 1 unspecified atom stereocenters. The van der Waals surface area contributed by atoms with E-state index in [2.05, 4.69) is 15.3 Å². The van der Waals surface area contributed by atoms with Crippen LogP contribution in [0.15, 0.2) is 11.9 Å².